The van der Waals surface area contributed by atoms with Gasteiger partial charge in [0.05, 0.1) is 6.61 Å². The summed E-state index contributed by atoms with van der Waals surface area (Å²) in [6.45, 7) is 9.68. The van der Waals surface area contributed by atoms with Crippen LogP contribution >= 0.6 is 0 Å². The summed E-state index contributed by atoms with van der Waals surface area (Å²) in [6.07, 6.45) is 6.09. The van der Waals surface area contributed by atoms with E-state index in [-0.39, 0.29) is 0 Å². The summed E-state index contributed by atoms with van der Waals surface area (Å²) in [5.41, 5.74) is 0.311. The summed E-state index contributed by atoms with van der Waals surface area (Å²) in [7, 11) is 3.80. The van der Waals surface area contributed by atoms with Gasteiger partial charge in [0.25, 0.3) is 0 Å². The Morgan fingerprint density at radius 1 is 1.42 bits per heavy atom. The van der Waals surface area contributed by atoms with Crippen molar-refractivity contribution in [2.24, 2.45) is 18.4 Å². The Bertz CT molecular complexity index is 355. The monoisotopic (exact) mass is 267 g/mol. The van der Waals surface area contributed by atoms with E-state index >= 15 is 0 Å². The van der Waals surface area contributed by atoms with E-state index < -0.39 is 0 Å². The van der Waals surface area contributed by atoms with Crippen LogP contribution in [0.1, 0.15) is 33.0 Å². The fraction of sp³-hybridized carbons (Fsp3) is 0.800. The number of nitrogens with one attached hydrogen (secondary N) is 1. The molecule has 1 N–H and O–H groups in total. The van der Waals surface area contributed by atoms with Crippen molar-refractivity contribution >= 4 is 0 Å². The number of imidazole rings is 1. The topological polar surface area (TPSA) is 39.1 Å². The maximum absolute atomic E-state index is 5.07. The molecule has 0 aliphatic carbocycles. The number of aryl methyl sites for hydroxylation is 2. The highest BCUT2D eigenvalue weighted by molar-refractivity contribution is 4.92. The average Bonchev–Trinajstić information content (AvgIpc) is 2.72. The first-order valence-electron chi connectivity index (χ1n) is 7.11. The van der Waals surface area contributed by atoms with Crippen molar-refractivity contribution in [2.75, 3.05) is 26.8 Å². The van der Waals surface area contributed by atoms with Crippen LogP contribution in [0.2, 0.25) is 0 Å². The van der Waals surface area contributed by atoms with Crippen molar-refractivity contribution in [1.82, 2.24) is 14.9 Å². The average molecular weight is 267 g/mol. The lowest BCUT2D eigenvalue weighted by molar-refractivity contribution is 0.183. The number of ether oxygens (including phenoxy) is 1. The van der Waals surface area contributed by atoms with Crippen molar-refractivity contribution in [3.8, 4) is 0 Å². The predicted octanol–water partition coefficient (Wildman–Crippen LogP) is 2.25. The van der Waals surface area contributed by atoms with Gasteiger partial charge in [-0.1, -0.05) is 20.8 Å². The van der Waals surface area contributed by atoms with E-state index in [2.05, 4.69) is 42.7 Å². The Hall–Kier alpha value is -0.870. The van der Waals surface area contributed by atoms with Gasteiger partial charge in [-0.15, -0.1) is 0 Å². The Morgan fingerprint density at radius 2 is 2.16 bits per heavy atom. The van der Waals surface area contributed by atoms with Gasteiger partial charge in [-0.2, -0.15) is 0 Å². The molecule has 1 unspecified atom stereocenters. The minimum atomic E-state index is 0.311. The molecule has 0 amide bonds. The molecular weight excluding hydrogens is 238 g/mol. The van der Waals surface area contributed by atoms with Crippen LogP contribution in [-0.2, 0) is 18.2 Å². The highest BCUT2D eigenvalue weighted by Gasteiger charge is 2.24. The fourth-order valence-electron chi connectivity index (χ4n) is 2.23. The summed E-state index contributed by atoms with van der Waals surface area (Å²) in [5, 5.41) is 3.49. The number of rotatable bonds is 8. The molecule has 0 aromatic carbocycles. The number of nitrogens with zero attached hydrogens (tertiary/aromatic N) is 2. The molecule has 1 heterocycles. The molecule has 0 saturated carbocycles. The van der Waals surface area contributed by atoms with Gasteiger partial charge in [0.15, 0.2) is 0 Å². The molecule has 0 saturated heterocycles. The Balaban J connectivity index is 2.44. The third kappa shape index (κ3) is 5.74. The van der Waals surface area contributed by atoms with Crippen molar-refractivity contribution in [2.45, 2.75) is 33.6 Å². The summed E-state index contributed by atoms with van der Waals surface area (Å²) in [5.74, 6) is 1.81. The van der Waals surface area contributed by atoms with Crippen LogP contribution in [0.25, 0.3) is 0 Å². The van der Waals surface area contributed by atoms with E-state index in [0.717, 1.165) is 32.5 Å². The van der Waals surface area contributed by atoms with E-state index in [1.54, 1.807) is 7.11 Å². The molecule has 0 aliphatic rings. The first-order chi connectivity index (χ1) is 8.95. The summed E-state index contributed by atoms with van der Waals surface area (Å²) in [4.78, 5) is 4.40. The van der Waals surface area contributed by atoms with Crippen molar-refractivity contribution in [3.63, 3.8) is 0 Å². The molecule has 1 aromatic rings. The van der Waals surface area contributed by atoms with Gasteiger partial charge < -0.3 is 14.6 Å². The summed E-state index contributed by atoms with van der Waals surface area (Å²) < 4.78 is 7.18. The molecule has 1 aromatic heterocycles. The third-order valence-electron chi connectivity index (χ3n) is 3.74. The lowest BCUT2D eigenvalue weighted by Crippen LogP contribution is -2.34. The maximum atomic E-state index is 5.07. The van der Waals surface area contributed by atoms with E-state index in [9.17, 15) is 0 Å². The van der Waals surface area contributed by atoms with Crippen molar-refractivity contribution < 1.29 is 4.74 Å². The Kier molecular flexibility index (Phi) is 6.52. The highest BCUT2D eigenvalue weighted by atomic mass is 16.5. The maximum Gasteiger partial charge on any atom is 0.108 e. The van der Waals surface area contributed by atoms with Gasteiger partial charge >= 0.3 is 0 Å². The van der Waals surface area contributed by atoms with E-state index in [1.165, 1.54) is 5.82 Å². The Morgan fingerprint density at radius 3 is 2.68 bits per heavy atom. The zero-order chi connectivity index (χ0) is 14.3. The quantitative estimate of drug-likeness (QED) is 0.734. The summed E-state index contributed by atoms with van der Waals surface area (Å²) in [6, 6.07) is 0. The summed E-state index contributed by atoms with van der Waals surface area (Å²) >= 11 is 0. The number of aromatic nitrogens is 2. The van der Waals surface area contributed by atoms with Crippen LogP contribution in [-0.4, -0.2) is 36.4 Å². The molecule has 4 heteroatoms. The van der Waals surface area contributed by atoms with E-state index in [1.807, 2.05) is 12.4 Å². The predicted molar refractivity (Wildman–Crippen MR) is 79.2 cm³/mol. The highest BCUT2D eigenvalue weighted by Crippen LogP contribution is 2.29. The van der Waals surface area contributed by atoms with Gasteiger partial charge in [-0.3, -0.25) is 0 Å². The number of methoxy groups -OCH3 is 1. The van der Waals surface area contributed by atoms with Crippen LogP contribution < -0.4 is 5.32 Å². The lowest BCUT2D eigenvalue weighted by Gasteiger charge is -2.31. The van der Waals surface area contributed by atoms with E-state index in [4.69, 9.17) is 4.74 Å². The first-order valence-corrected chi connectivity index (χ1v) is 7.11. The van der Waals surface area contributed by atoms with Crippen LogP contribution in [0.15, 0.2) is 12.4 Å². The molecule has 4 nitrogen and oxygen atoms in total. The van der Waals surface area contributed by atoms with Crippen LogP contribution in [0, 0.1) is 11.3 Å². The van der Waals surface area contributed by atoms with Crippen LogP contribution in [0.3, 0.4) is 0 Å². The molecule has 19 heavy (non-hydrogen) atoms. The third-order valence-corrected chi connectivity index (χ3v) is 3.74. The van der Waals surface area contributed by atoms with E-state index in [0.29, 0.717) is 11.3 Å². The van der Waals surface area contributed by atoms with Gasteiger partial charge in [0.2, 0.25) is 0 Å². The van der Waals surface area contributed by atoms with Gasteiger partial charge in [0.1, 0.15) is 5.82 Å². The number of hydrogen-bond acceptors (Lipinski definition) is 3. The second-order valence-electron chi connectivity index (χ2n) is 6.25. The second-order valence-corrected chi connectivity index (χ2v) is 6.25. The molecular formula is C15H29N3O. The van der Waals surface area contributed by atoms with Gasteiger partial charge in [-0.25, -0.2) is 4.98 Å². The van der Waals surface area contributed by atoms with Crippen molar-refractivity contribution in [1.29, 1.82) is 0 Å². The molecule has 1 rings (SSSR count). The standard InChI is InChI=1S/C15H29N3O/c1-15(2,3)13(12-16-9-11-19-5)6-7-14-17-8-10-18(14)4/h8,10,13,16H,6-7,9,11-12H2,1-5H3. The molecule has 0 radical (unpaired) electrons. The van der Waals surface area contributed by atoms with Crippen LogP contribution in [0.4, 0.5) is 0 Å². The van der Waals surface area contributed by atoms with Gasteiger partial charge in [-0.05, 0) is 24.3 Å². The Labute approximate surface area is 117 Å². The number of hydrogen-bond donors (Lipinski definition) is 1. The molecule has 0 fully saturated rings. The van der Waals surface area contributed by atoms with Crippen LogP contribution in [0.5, 0.6) is 0 Å². The fourth-order valence-corrected chi connectivity index (χ4v) is 2.23. The molecule has 1 atom stereocenters. The lowest BCUT2D eigenvalue weighted by atomic mass is 9.78. The molecule has 0 aliphatic heterocycles. The molecule has 0 spiro atoms. The normalized spacial score (nSPS) is 13.7. The second kappa shape index (κ2) is 7.65. The molecule has 110 valence electrons. The van der Waals surface area contributed by atoms with Crippen molar-refractivity contribution in [3.05, 3.63) is 18.2 Å². The first kappa shape index (κ1) is 16.2. The minimum absolute atomic E-state index is 0.311. The molecule has 0 bridgehead atoms. The zero-order valence-electron chi connectivity index (χ0n) is 13.1. The van der Waals surface area contributed by atoms with Gasteiger partial charge in [0, 0.05) is 39.5 Å². The zero-order valence-corrected chi connectivity index (χ0v) is 13.1. The SMILES string of the molecule is COCCNCC(CCc1nccn1C)C(C)(C)C. The largest absolute Gasteiger partial charge is 0.383 e. The minimum Gasteiger partial charge on any atom is -0.383 e. The smallest absolute Gasteiger partial charge is 0.108 e.